The lowest BCUT2D eigenvalue weighted by molar-refractivity contribution is -0.131. The fourth-order valence-corrected chi connectivity index (χ4v) is 6.36. The van der Waals surface area contributed by atoms with Crippen molar-refractivity contribution in [1.29, 1.82) is 5.26 Å². The summed E-state index contributed by atoms with van der Waals surface area (Å²) in [6.45, 7) is 0.175. The average Bonchev–Trinajstić information content (AvgIpc) is 3.43. The Balaban J connectivity index is 1.56. The van der Waals surface area contributed by atoms with Crippen LogP contribution in [-0.2, 0) is 21.2 Å². The number of hydrogen-bond acceptors (Lipinski definition) is 6. The summed E-state index contributed by atoms with van der Waals surface area (Å²) in [5.74, 6) is -0.293. The highest BCUT2D eigenvalue weighted by Gasteiger charge is 2.33. The summed E-state index contributed by atoms with van der Waals surface area (Å²) >= 11 is 3.26. The first-order valence-electron chi connectivity index (χ1n) is 8.89. The molecule has 1 aliphatic heterocycles. The van der Waals surface area contributed by atoms with Crippen molar-refractivity contribution in [3.05, 3.63) is 74.1 Å². The number of benzene rings is 1. The number of nitrogens with one attached hydrogen (secondary N) is 1. The van der Waals surface area contributed by atoms with Gasteiger partial charge in [-0.1, -0.05) is 18.2 Å². The number of rotatable bonds is 5. The SMILES string of the molecule is N#Cc1ccccc1S(=O)(=O)NCC(=O)N1CCc2sccc2[C@H]1c1cccs1. The van der Waals surface area contributed by atoms with Crippen molar-refractivity contribution in [2.45, 2.75) is 17.4 Å². The highest BCUT2D eigenvalue weighted by Crippen LogP contribution is 2.39. The summed E-state index contributed by atoms with van der Waals surface area (Å²) < 4.78 is 27.6. The van der Waals surface area contributed by atoms with E-state index >= 15 is 0 Å². The van der Waals surface area contributed by atoms with E-state index < -0.39 is 10.0 Å². The minimum absolute atomic E-state index is 0.0461. The van der Waals surface area contributed by atoms with Gasteiger partial charge in [0.2, 0.25) is 15.9 Å². The molecule has 0 aliphatic carbocycles. The van der Waals surface area contributed by atoms with Crippen molar-refractivity contribution in [1.82, 2.24) is 9.62 Å². The standard InChI is InChI=1S/C20H17N3O3S3/c21-12-14-4-1-2-6-18(14)29(25,26)22-13-19(24)23-9-7-16-15(8-11-28-16)20(23)17-5-3-10-27-17/h1-6,8,10-11,20,22H,7,9,13H2/t20-/m0/s1. The maximum Gasteiger partial charge on any atom is 0.242 e. The van der Waals surface area contributed by atoms with Gasteiger partial charge in [0.15, 0.2) is 0 Å². The summed E-state index contributed by atoms with van der Waals surface area (Å²) in [5.41, 5.74) is 1.15. The van der Waals surface area contributed by atoms with Gasteiger partial charge in [-0.3, -0.25) is 4.79 Å². The zero-order valence-electron chi connectivity index (χ0n) is 15.2. The Kier molecular flexibility index (Phi) is 5.52. The topological polar surface area (TPSA) is 90.3 Å². The number of nitriles is 1. The molecule has 1 aromatic carbocycles. The van der Waals surface area contributed by atoms with E-state index in [4.69, 9.17) is 5.26 Å². The molecular formula is C20H17N3O3S3. The third kappa shape index (κ3) is 3.84. The van der Waals surface area contributed by atoms with Gasteiger partial charge in [-0.05, 0) is 47.0 Å². The zero-order chi connectivity index (χ0) is 20.4. The molecule has 1 N–H and O–H groups in total. The van der Waals surface area contributed by atoms with Crippen molar-refractivity contribution in [3.8, 4) is 6.07 Å². The van der Waals surface area contributed by atoms with E-state index in [0.717, 1.165) is 16.9 Å². The van der Waals surface area contributed by atoms with Gasteiger partial charge in [-0.15, -0.1) is 22.7 Å². The molecule has 0 bridgehead atoms. The molecule has 1 aliphatic rings. The third-order valence-electron chi connectivity index (χ3n) is 4.81. The summed E-state index contributed by atoms with van der Waals surface area (Å²) in [7, 11) is -3.97. The van der Waals surface area contributed by atoms with Gasteiger partial charge in [-0.25, -0.2) is 13.1 Å². The maximum absolute atomic E-state index is 13.0. The summed E-state index contributed by atoms with van der Waals surface area (Å²) in [6.07, 6.45) is 0.755. The minimum Gasteiger partial charge on any atom is -0.329 e. The molecule has 0 saturated heterocycles. The molecule has 3 aromatic rings. The van der Waals surface area contributed by atoms with Crippen LogP contribution in [0.25, 0.3) is 0 Å². The van der Waals surface area contributed by atoms with Gasteiger partial charge in [-0.2, -0.15) is 5.26 Å². The van der Waals surface area contributed by atoms with E-state index in [0.29, 0.717) is 6.54 Å². The van der Waals surface area contributed by atoms with E-state index in [1.54, 1.807) is 39.7 Å². The molecule has 1 amide bonds. The van der Waals surface area contributed by atoms with E-state index in [2.05, 4.69) is 4.72 Å². The molecule has 0 unspecified atom stereocenters. The second kappa shape index (κ2) is 8.08. The van der Waals surface area contributed by atoms with Crippen LogP contribution < -0.4 is 4.72 Å². The Hall–Kier alpha value is -2.51. The van der Waals surface area contributed by atoms with Crippen molar-refractivity contribution >= 4 is 38.6 Å². The number of nitrogens with zero attached hydrogens (tertiary/aromatic N) is 2. The van der Waals surface area contributed by atoms with Crippen LogP contribution in [0.15, 0.2) is 58.1 Å². The van der Waals surface area contributed by atoms with Crippen LogP contribution in [0.2, 0.25) is 0 Å². The predicted octanol–water partition coefficient (Wildman–Crippen LogP) is 3.13. The number of thiophene rings is 2. The molecular weight excluding hydrogens is 426 g/mol. The number of fused-ring (bicyclic) bond motifs is 1. The lowest BCUT2D eigenvalue weighted by Gasteiger charge is -2.35. The van der Waals surface area contributed by atoms with Crippen LogP contribution >= 0.6 is 22.7 Å². The molecule has 9 heteroatoms. The van der Waals surface area contributed by atoms with Crippen molar-refractivity contribution in [3.63, 3.8) is 0 Å². The van der Waals surface area contributed by atoms with Crippen LogP contribution in [0.4, 0.5) is 0 Å². The number of amides is 1. The summed E-state index contributed by atoms with van der Waals surface area (Å²) in [4.78, 5) is 16.9. The Labute approximate surface area is 177 Å². The lowest BCUT2D eigenvalue weighted by Crippen LogP contribution is -2.45. The summed E-state index contributed by atoms with van der Waals surface area (Å²) in [6, 6.07) is 13.6. The van der Waals surface area contributed by atoms with Crippen molar-refractivity contribution < 1.29 is 13.2 Å². The minimum atomic E-state index is -3.97. The first-order valence-corrected chi connectivity index (χ1v) is 12.1. The molecule has 0 fully saturated rings. The Morgan fingerprint density at radius 2 is 2.00 bits per heavy atom. The summed E-state index contributed by atoms with van der Waals surface area (Å²) in [5, 5.41) is 13.2. The zero-order valence-corrected chi connectivity index (χ0v) is 17.7. The van der Waals surface area contributed by atoms with Gasteiger partial charge in [0.05, 0.1) is 23.0 Å². The van der Waals surface area contributed by atoms with E-state index in [-0.39, 0.29) is 29.0 Å². The quantitative estimate of drug-likeness (QED) is 0.656. The van der Waals surface area contributed by atoms with Crippen LogP contribution in [0.5, 0.6) is 0 Å². The van der Waals surface area contributed by atoms with Crippen molar-refractivity contribution in [2.75, 3.05) is 13.1 Å². The normalized spacial score (nSPS) is 16.2. The molecule has 148 valence electrons. The van der Waals surface area contributed by atoms with Crippen molar-refractivity contribution in [2.24, 2.45) is 0 Å². The second-order valence-corrected chi connectivity index (χ2v) is 10.2. The fraction of sp³-hybridized carbons (Fsp3) is 0.200. The van der Waals surface area contributed by atoms with E-state index in [1.807, 2.05) is 35.0 Å². The number of carbonyl (C=O) groups excluding carboxylic acids is 1. The van der Waals surface area contributed by atoms with Crippen LogP contribution in [0, 0.1) is 11.3 Å². The van der Waals surface area contributed by atoms with Gasteiger partial charge in [0, 0.05) is 16.3 Å². The Bertz CT molecular complexity index is 1180. The Morgan fingerprint density at radius 1 is 1.17 bits per heavy atom. The van der Waals surface area contributed by atoms with Crippen LogP contribution in [-0.4, -0.2) is 32.3 Å². The third-order valence-corrected chi connectivity index (χ3v) is 8.19. The van der Waals surface area contributed by atoms with E-state index in [9.17, 15) is 13.2 Å². The highest BCUT2D eigenvalue weighted by atomic mass is 32.2. The molecule has 0 saturated carbocycles. The number of carbonyl (C=O) groups is 1. The first-order chi connectivity index (χ1) is 14.0. The molecule has 2 aromatic heterocycles. The molecule has 1 atom stereocenters. The average molecular weight is 444 g/mol. The monoisotopic (exact) mass is 443 g/mol. The predicted molar refractivity (Wildman–Crippen MR) is 112 cm³/mol. The molecule has 6 nitrogen and oxygen atoms in total. The number of sulfonamides is 1. The molecule has 29 heavy (non-hydrogen) atoms. The highest BCUT2D eigenvalue weighted by molar-refractivity contribution is 7.89. The molecule has 0 radical (unpaired) electrons. The molecule has 4 rings (SSSR count). The van der Waals surface area contributed by atoms with Crippen LogP contribution in [0.1, 0.15) is 26.9 Å². The van der Waals surface area contributed by atoms with E-state index in [1.165, 1.54) is 17.0 Å². The van der Waals surface area contributed by atoms with Gasteiger partial charge in [0.1, 0.15) is 6.07 Å². The van der Waals surface area contributed by atoms with Gasteiger partial charge in [0.25, 0.3) is 0 Å². The fourth-order valence-electron chi connectivity index (χ4n) is 3.47. The lowest BCUT2D eigenvalue weighted by atomic mass is 9.98. The Morgan fingerprint density at radius 3 is 2.76 bits per heavy atom. The smallest absolute Gasteiger partial charge is 0.242 e. The largest absolute Gasteiger partial charge is 0.329 e. The number of hydrogen-bond donors (Lipinski definition) is 1. The molecule has 0 spiro atoms. The van der Waals surface area contributed by atoms with Crippen LogP contribution in [0.3, 0.4) is 0 Å². The molecule has 3 heterocycles. The second-order valence-electron chi connectivity index (χ2n) is 6.49. The van der Waals surface area contributed by atoms with Gasteiger partial charge < -0.3 is 4.90 Å². The van der Waals surface area contributed by atoms with Gasteiger partial charge >= 0.3 is 0 Å². The first kappa shape index (κ1) is 19.8. The maximum atomic E-state index is 13.0.